The lowest BCUT2D eigenvalue weighted by Crippen LogP contribution is -2.44. The molecule has 1 amide bonds. The Morgan fingerprint density at radius 1 is 1.27 bits per heavy atom. The zero-order valence-electron chi connectivity index (χ0n) is 14.8. The van der Waals surface area contributed by atoms with Gasteiger partial charge < -0.3 is 4.90 Å². The Bertz CT molecular complexity index is 973. The number of imidazole rings is 1. The quantitative estimate of drug-likeness (QED) is 0.709. The first-order valence-corrected chi connectivity index (χ1v) is 9.89. The minimum Gasteiger partial charge on any atom is -0.338 e. The number of likely N-dealkylation sites (tertiary alicyclic amines) is 1. The third kappa shape index (κ3) is 3.07. The summed E-state index contributed by atoms with van der Waals surface area (Å²) < 4.78 is 3.23. The molecule has 1 atom stereocenters. The van der Waals surface area contributed by atoms with Gasteiger partial charge in [-0.3, -0.25) is 13.9 Å². The molecule has 4 heterocycles. The zero-order chi connectivity index (χ0) is 18.1. The molecule has 1 aliphatic rings. The van der Waals surface area contributed by atoms with E-state index in [1.54, 1.807) is 26.7 Å². The SMILES string of the molecule is C[C@@H]1CCCCN1C(=O)Cn1c(=O)n(Cc2cccs2)c2ncccc21. The molecule has 3 aromatic heterocycles. The fourth-order valence-electron chi connectivity index (χ4n) is 3.69. The molecule has 0 unspecified atom stereocenters. The second-order valence-electron chi connectivity index (χ2n) is 6.81. The summed E-state index contributed by atoms with van der Waals surface area (Å²) in [5.74, 6) is 0.0123. The Morgan fingerprint density at radius 2 is 2.15 bits per heavy atom. The number of carbonyl (C=O) groups excluding carboxylic acids is 1. The minimum atomic E-state index is -0.176. The van der Waals surface area contributed by atoms with E-state index in [9.17, 15) is 9.59 Å². The summed E-state index contributed by atoms with van der Waals surface area (Å²) in [4.78, 5) is 33.3. The van der Waals surface area contributed by atoms with Crippen LogP contribution < -0.4 is 5.69 Å². The number of aromatic nitrogens is 3. The Labute approximate surface area is 155 Å². The van der Waals surface area contributed by atoms with Crippen LogP contribution in [0.25, 0.3) is 11.2 Å². The standard InChI is InChI=1S/C19H22N4O2S/c1-14-6-2-3-10-21(14)17(24)13-22-16-8-4-9-20-18(16)23(19(22)25)12-15-7-5-11-26-15/h4-5,7-9,11,14H,2-3,6,10,12-13H2,1H3/t14-/m1/s1. The van der Waals surface area contributed by atoms with E-state index in [2.05, 4.69) is 11.9 Å². The number of pyridine rings is 1. The van der Waals surface area contributed by atoms with E-state index < -0.39 is 0 Å². The van der Waals surface area contributed by atoms with Crippen molar-refractivity contribution in [2.75, 3.05) is 6.54 Å². The van der Waals surface area contributed by atoms with Gasteiger partial charge in [-0.2, -0.15) is 0 Å². The highest BCUT2D eigenvalue weighted by Gasteiger charge is 2.25. The summed E-state index contributed by atoms with van der Waals surface area (Å²) in [6, 6.07) is 7.89. The van der Waals surface area contributed by atoms with Crippen molar-refractivity contribution in [3.05, 3.63) is 51.2 Å². The molecule has 0 radical (unpaired) electrons. The molecule has 3 aromatic rings. The number of hydrogen-bond donors (Lipinski definition) is 0. The second kappa shape index (κ2) is 7.07. The average molecular weight is 370 g/mol. The molecule has 0 saturated carbocycles. The van der Waals surface area contributed by atoms with Crippen molar-refractivity contribution in [2.24, 2.45) is 0 Å². The average Bonchev–Trinajstić information content (AvgIpc) is 3.25. The van der Waals surface area contributed by atoms with Crippen molar-refractivity contribution >= 4 is 28.4 Å². The normalized spacial score (nSPS) is 17.7. The van der Waals surface area contributed by atoms with E-state index in [1.165, 1.54) is 0 Å². The molecule has 136 valence electrons. The van der Waals surface area contributed by atoms with Gasteiger partial charge in [-0.05, 0) is 49.8 Å². The fourth-order valence-corrected chi connectivity index (χ4v) is 4.39. The fraction of sp³-hybridized carbons (Fsp3) is 0.421. The van der Waals surface area contributed by atoms with Crippen molar-refractivity contribution in [1.29, 1.82) is 0 Å². The minimum absolute atomic E-state index is 0.0123. The van der Waals surface area contributed by atoms with Gasteiger partial charge in [-0.1, -0.05) is 6.07 Å². The van der Waals surface area contributed by atoms with Crippen LogP contribution in [0.5, 0.6) is 0 Å². The third-order valence-electron chi connectivity index (χ3n) is 5.09. The molecule has 4 rings (SSSR count). The molecule has 1 fully saturated rings. The van der Waals surface area contributed by atoms with Crippen molar-refractivity contribution < 1.29 is 4.79 Å². The predicted molar refractivity (Wildman–Crippen MR) is 102 cm³/mol. The first kappa shape index (κ1) is 17.0. The molecular formula is C19H22N4O2S. The van der Waals surface area contributed by atoms with Crippen LogP contribution in [0.3, 0.4) is 0 Å². The molecule has 1 saturated heterocycles. The maximum absolute atomic E-state index is 13.0. The number of fused-ring (bicyclic) bond motifs is 1. The summed E-state index contributed by atoms with van der Waals surface area (Å²) >= 11 is 1.61. The lowest BCUT2D eigenvalue weighted by molar-refractivity contribution is -0.135. The number of piperidine rings is 1. The number of amides is 1. The molecule has 1 aliphatic heterocycles. The van der Waals surface area contributed by atoms with Crippen molar-refractivity contribution in [3.8, 4) is 0 Å². The third-order valence-corrected chi connectivity index (χ3v) is 5.95. The molecule has 0 N–H and O–H groups in total. The first-order valence-electron chi connectivity index (χ1n) is 9.01. The number of hydrogen-bond acceptors (Lipinski definition) is 4. The molecule has 0 bridgehead atoms. The molecule has 0 aliphatic carbocycles. The van der Waals surface area contributed by atoms with Gasteiger partial charge in [0.2, 0.25) is 5.91 Å². The highest BCUT2D eigenvalue weighted by atomic mass is 32.1. The van der Waals surface area contributed by atoms with E-state index in [1.807, 2.05) is 34.5 Å². The first-order chi connectivity index (χ1) is 12.6. The molecule has 7 heteroatoms. The number of rotatable bonds is 4. The highest BCUT2D eigenvalue weighted by molar-refractivity contribution is 7.09. The van der Waals surface area contributed by atoms with Gasteiger partial charge in [-0.25, -0.2) is 9.78 Å². The maximum Gasteiger partial charge on any atom is 0.331 e. The van der Waals surface area contributed by atoms with Crippen LogP contribution in [-0.4, -0.2) is 37.5 Å². The van der Waals surface area contributed by atoms with Gasteiger partial charge in [-0.15, -0.1) is 11.3 Å². The number of nitrogens with zero attached hydrogens (tertiary/aromatic N) is 4. The van der Waals surface area contributed by atoms with Crippen LogP contribution in [0.15, 0.2) is 40.6 Å². The van der Waals surface area contributed by atoms with Gasteiger partial charge in [0.25, 0.3) is 0 Å². The number of thiophene rings is 1. The Kier molecular flexibility index (Phi) is 4.63. The molecule has 0 spiro atoms. The maximum atomic E-state index is 13.0. The van der Waals surface area contributed by atoms with E-state index in [0.29, 0.717) is 17.7 Å². The van der Waals surface area contributed by atoms with Gasteiger partial charge >= 0.3 is 5.69 Å². The Morgan fingerprint density at radius 3 is 2.92 bits per heavy atom. The van der Waals surface area contributed by atoms with E-state index in [-0.39, 0.29) is 24.2 Å². The lowest BCUT2D eigenvalue weighted by Gasteiger charge is -2.33. The van der Waals surface area contributed by atoms with Gasteiger partial charge in [0.05, 0.1) is 12.1 Å². The molecular weight excluding hydrogens is 348 g/mol. The van der Waals surface area contributed by atoms with E-state index >= 15 is 0 Å². The highest BCUT2D eigenvalue weighted by Crippen LogP contribution is 2.18. The molecule has 6 nitrogen and oxygen atoms in total. The van der Waals surface area contributed by atoms with Crippen molar-refractivity contribution in [3.63, 3.8) is 0 Å². The van der Waals surface area contributed by atoms with E-state index in [4.69, 9.17) is 0 Å². The Hall–Kier alpha value is -2.41. The predicted octanol–water partition coefficient (Wildman–Crippen LogP) is 2.71. The van der Waals surface area contributed by atoms with Crippen LogP contribution in [-0.2, 0) is 17.9 Å². The van der Waals surface area contributed by atoms with Gasteiger partial charge in [0.1, 0.15) is 6.54 Å². The lowest BCUT2D eigenvalue weighted by atomic mass is 10.0. The van der Waals surface area contributed by atoms with Crippen LogP contribution in [0.2, 0.25) is 0 Å². The summed E-state index contributed by atoms with van der Waals surface area (Å²) in [7, 11) is 0. The van der Waals surface area contributed by atoms with Gasteiger partial charge in [0, 0.05) is 23.7 Å². The van der Waals surface area contributed by atoms with E-state index in [0.717, 1.165) is 30.7 Å². The largest absolute Gasteiger partial charge is 0.338 e. The van der Waals surface area contributed by atoms with Crippen LogP contribution >= 0.6 is 11.3 Å². The summed E-state index contributed by atoms with van der Waals surface area (Å²) in [5, 5.41) is 1.99. The van der Waals surface area contributed by atoms with Crippen LogP contribution in [0.4, 0.5) is 0 Å². The smallest absolute Gasteiger partial charge is 0.331 e. The van der Waals surface area contributed by atoms with Crippen molar-refractivity contribution in [1.82, 2.24) is 19.0 Å². The summed E-state index contributed by atoms with van der Waals surface area (Å²) in [6.45, 7) is 3.41. The summed E-state index contributed by atoms with van der Waals surface area (Å²) in [5.41, 5.74) is 1.17. The van der Waals surface area contributed by atoms with Gasteiger partial charge in [0.15, 0.2) is 5.65 Å². The second-order valence-corrected chi connectivity index (χ2v) is 7.84. The molecule has 0 aromatic carbocycles. The van der Waals surface area contributed by atoms with Crippen LogP contribution in [0.1, 0.15) is 31.1 Å². The molecule has 26 heavy (non-hydrogen) atoms. The summed E-state index contributed by atoms with van der Waals surface area (Å²) in [6.07, 6.45) is 4.91. The Balaban J connectivity index is 1.70. The van der Waals surface area contributed by atoms with Crippen LogP contribution in [0, 0.1) is 0 Å². The number of carbonyl (C=O) groups is 1. The monoisotopic (exact) mass is 370 g/mol. The van der Waals surface area contributed by atoms with Crippen molar-refractivity contribution in [2.45, 2.75) is 45.3 Å². The zero-order valence-corrected chi connectivity index (χ0v) is 15.6. The topological polar surface area (TPSA) is 60.1 Å².